The molecule has 0 aliphatic carbocycles. The van der Waals surface area contributed by atoms with E-state index < -0.39 is 0 Å². The van der Waals surface area contributed by atoms with Gasteiger partial charge in [0.05, 0.1) is 5.84 Å². The summed E-state index contributed by atoms with van der Waals surface area (Å²) in [6, 6.07) is 0. The van der Waals surface area contributed by atoms with Crippen LogP contribution in [0.2, 0.25) is 0 Å². The molecule has 0 aromatic heterocycles. The lowest BCUT2D eigenvalue weighted by molar-refractivity contribution is 0.207. The third kappa shape index (κ3) is 5.85. The molecule has 0 spiro atoms. The van der Waals surface area contributed by atoms with Crippen LogP contribution in [-0.2, 0) is 0 Å². The molecule has 1 fully saturated rings. The number of hydrogen-bond donors (Lipinski definition) is 2. The lowest BCUT2D eigenvalue weighted by atomic mass is 9.77. The van der Waals surface area contributed by atoms with E-state index in [0.29, 0.717) is 11.3 Å². The van der Waals surface area contributed by atoms with Gasteiger partial charge in [0.15, 0.2) is 0 Å². The monoisotopic (exact) mass is 253 g/mol. The first-order valence-corrected chi connectivity index (χ1v) is 7.45. The first kappa shape index (κ1) is 15.5. The fraction of sp³-hybridized carbons (Fsp3) is 0.933. The van der Waals surface area contributed by atoms with E-state index >= 15 is 0 Å². The molecule has 0 saturated carbocycles. The van der Waals surface area contributed by atoms with Crippen molar-refractivity contribution in [3.63, 3.8) is 0 Å². The zero-order valence-electron chi connectivity index (χ0n) is 12.5. The number of nitrogens with two attached hydrogens (primary N) is 1. The second-order valence-electron chi connectivity index (χ2n) is 6.82. The van der Waals surface area contributed by atoms with E-state index in [9.17, 15) is 0 Å². The summed E-state index contributed by atoms with van der Waals surface area (Å²) in [5, 5.41) is 7.21. The molecule has 18 heavy (non-hydrogen) atoms. The van der Waals surface area contributed by atoms with Crippen LogP contribution >= 0.6 is 0 Å². The molecule has 1 aliphatic heterocycles. The second kappa shape index (κ2) is 7.13. The van der Waals surface area contributed by atoms with Gasteiger partial charge < -0.3 is 10.6 Å². The maximum Gasteiger partial charge on any atom is 0.0905 e. The van der Waals surface area contributed by atoms with E-state index in [1.807, 2.05) is 0 Å². The zero-order valence-corrected chi connectivity index (χ0v) is 12.5. The molecule has 1 aliphatic rings. The maximum atomic E-state index is 7.21. The smallest absolute Gasteiger partial charge is 0.0905 e. The number of unbranched alkanes of at least 4 members (excludes halogenated alkanes) is 1. The standard InChI is InChI=1S/C15H31N3/c1-15(2,3)13-7-6-11-18(12-9-13)10-5-4-8-14(16)17/h13H,4-12H2,1-3H3,(H3,16,17). The van der Waals surface area contributed by atoms with Gasteiger partial charge in [0.1, 0.15) is 0 Å². The third-order valence-electron chi connectivity index (χ3n) is 4.22. The first-order chi connectivity index (χ1) is 8.39. The highest BCUT2D eigenvalue weighted by Crippen LogP contribution is 2.34. The minimum Gasteiger partial charge on any atom is -0.388 e. The number of nitrogens with zero attached hydrogens (tertiary/aromatic N) is 1. The molecule has 106 valence electrons. The second-order valence-corrected chi connectivity index (χ2v) is 6.82. The van der Waals surface area contributed by atoms with Crippen LogP contribution < -0.4 is 5.73 Å². The Labute approximate surface area is 113 Å². The molecule has 0 aromatic carbocycles. The normalized spacial score (nSPS) is 22.7. The molecule has 1 unspecified atom stereocenters. The quantitative estimate of drug-likeness (QED) is 0.449. The van der Waals surface area contributed by atoms with Crippen molar-refractivity contribution in [2.45, 2.75) is 59.3 Å². The molecule has 1 atom stereocenters. The largest absolute Gasteiger partial charge is 0.388 e. The van der Waals surface area contributed by atoms with Crippen molar-refractivity contribution in [2.75, 3.05) is 19.6 Å². The van der Waals surface area contributed by atoms with Crippen LogP contribution in [0.4, 0.5) is 0 Å². The van der Waals surface area contributed by atoms with Crippen molar-refractivity contribution in [3.8, 4) is 0 Å². The molecule has 1 rings (SSSR count). The molecular weight excluding hydrogens is 222 g/mol. The van der Waals surface area contributed by atoms with Crippen LogP contribution in [0.1, 0.15) is 59.3 Å². The SMILES string of the molecule is CC(C)(C)C1CCCN(CCCCC(=N)N)CC1. The molecule has 0 aromatic rings. The summed E-state index contributed by atoms with van der Waals surface area (Å²) in [6.07, 6.45) is 7.07. The van der Waals surface area contributed by atoms with Crippen molar-refractivity contribution in [1.29, 1.82) is 5.41 Å². The van der Waals surface area contributed by atoms with Gasteiger partial charge in [-0.3, -0.25) is 5.41 Å². The average Bonchev–Trinajstić information content (AvgIpc) is 2.48. The average molecular weight is 253 g/mol. The summed E-state index contributed by atoms with van der Waals surface area (Å²) in [5.74, 6) is 1.21. The minimum absolute atomic E-state index is 0.332. The molecule has 0 amide bonds. The third-order valence-corrected chi connectivity index (χ3v) is 4.22. The number of hydrogen-bond acceptors (Lipinski definition) is 2. The van der Waals surface area contributed by atoms with Gasteiger partial charge in [-0.1, -0.05) is 20.8 Å². The van der Waals surface area contributed by atoms with Crippen molar-refractivity contribution in [2.24, 2.45) is 17.1 Å². The summed E-state index contributed by atoms with van der Waals surface area (Å²) >= 11 is 0. The van der Waals surface area contributed by atoms with Crippen LogP contribution in [-0.4, -0.2) is 30.4 Å². The molecule has 3 nitrogen and oxygen atoms in total. The van der Waals surface area contributed by atoms with Crippen molar-refractivity contribution in [3.05, 3.63) is 0 Å². The molecular formula is C15H31N3. The Hall–Kier alpha value is -0.570. The minimum atomic E-state index is 0.332. The summed E-state index contributed by atoms with van der Waals surface area (Å²) in [6.45, 7) is 10.8. The van der Waals surface area contributed by atoms with Gasteiger partial charge in [-0.25, -0.2) is 0 Å². The lowest BCUT2D eigenvalue weighted by Crippen LogP contribution is -2.27. The Morgan fingerprint density at radius 2 is 1.94 bits per heavy atom. The molecule has 0 bridgehead atoms. The Morgan fingerprint density at radius 1 is 1.22 bits per heavy atom. The van der Waals surface area contributed by atoms with Gasteiger partial charge in [0.2, 0.25) is 0 Å². The van der Waals surface area contributed by atoms with Crippen LogP contribution in [0.3, 0.4) is 0 Å². The number of likely N-dealkylation sites (tertiary alicyclic amines) is 1. The van der Waals surface area contributed by atoms with Gasteiger partial charge >= 0.3 is 0 Å². The predicted molar refractivity (Wildman–Crippen MR) is 79.0 cm³/mol. The fourth-order valence-corrected chi connectivity index (χ4v) is 2.90. The lowest BCUT2D eigenvalue weighted by Gasteiger charge is -2.29. The van der Waals surface area contributed by atoms with Crippen LogP contribution in [0.25, 0.3) is 0 Å². The van der Waals surface area contributed by atoms with E-state index in [-0.39, 0.29) is 0 Å². The van der Waals surface area contributed by atoms with Gasteiger partial charge in [-0.15, -0.1) is 0 Å². The van der Waals surface area contributed by atoms with Crippen LogP contribution in [0.15, 0.2) is 0 Å². The van der Waals surface area contributed by atoms with Gasteiger partial charge in [-0.05, 0) is 63.1 Å². The van der Waals surface area contributed by atoms with E-state index in [1.165, 1.54) is 45.3 Å². The molecule has 1 saturated heterocycles. The fourth-order valence-electron chi connectivity index (χ4n) is 2.90. The zero-order chi connectivity index (χ0) is 13.6. The highest BCUT2D eigenvalue weighted by atomic mass is 15.1. The topological polar surface area (TPSA) is 53.1 Å². The molecule has 0 radical (unpaired) electrons. The summed E-state index contributed by atoms with van der Waals surface area (Å²) in [4.78, 5) is 2.60. The number of nitrogens with one attached hydrogen (secondary N) is 1. The first-order valence-electron chi connectivity index (χ1n) is 7.45. The molecule has 1 heterocycles. The number of rotatable bonds is 5. The van der Waals surface area contributed by atoms with Gasteiger partial charge in [-0.2, -0.15) is 0 Å². The Morgan fingerprint density at radius 3 is 2.56 bits per heavy atom. The maximum absolute atomic E-state index is 7.21. The van der Waals surface area contributed by atoms with E-state index in [1.54, 1.807) is 0 Å². The summed E-state index contributed by atoms with van der Waals surface area (Å²) in [7, 11) is 0. The van der Waals surface area contributed by atoms with E-state index in [2.05, 4.69) is 25.7 Å². The van der Waals surface area contributed by atoms with Gasteiger partial charge in [0, 0.05) is 6.42 Å². The van der Waals surface area contributed by atoms with Crippen molar-refractivity contribution < 1.29 is 0 Å². The molecule has 3 N–H and O–H groups in total. The highest BCUT2D eigenvalue weighted by Gasteiger charge is 2.26. The Balaban J connectivity index is 2.23. The number of amidine groups is 1. The van der Waals surface area contributed by atoms with E-state index in [4.69, 9.17) is 11.1 Å². The Bertz CT molecular complexity index is 255. The van der Waals surface area contributed by atoms with Crippen molar-refractivity contribution >= 4 is 5.84 Å². The predicted octanol–water partition coefficient (Wildman–Crippen LogP) is 3.24. The highest BCUT2D eigenvalue weighted by molar-refractivity contribution is 5.76. The summed E-state index contributed by atoms with van der Waals surface area (Å²) < 4.78 is 0. The Kier molecular flexibility index (Phi) is 6.13. The van der Waals surface area contributed by atoms with Crippen LogP contribution in [0, 0.1) is 16.7 Å². The molecule has 3 heteroatoms. The van der Waals surface area contributed by atoms with Crippen LogP contribution in [0.5, 0.6) is 0 Å². The summed E-state index contributed by atoms with van der Waals surface area (Å²) in [5.41, 5.74) is 5.84. The van der Waals surface area contributed by atoms with E-state index in [0.717, 1.165) is 18.8 Å². The van der Waals surface area contributed by atoms with Gasteiger partial charge in [0.25, 0.3) is 0 Å². The van der Waals surface area contributed by atoms with Crippen molar-refractivity contribution in [1.82, 2.24) is 4.90 Å².